The summed E-state index contributed by atoms with van der Waals surface area (Å²) in [5.74, 6) is -1.81. The normalized spacial score (nSPS) is 11.3. The summed E-state index contributed by atoms with van der Waals surface area (Å²) >= 11 is 0. The van der Waals surface area contributed by atoms with Crippen molar-refractivity contribution in [3.05, 3.63) is 95.3 Å². The fourth-order valence-corrected chi connectivity index (χ4v) is 4.17. The van der Waals surface area contributed by atoms with Crippen LogP contribution in [0.25, 0.3) is 0 Å². The first-order chi connectivity index (χ1) is 15.6. The van der Waals surface area contributed by atoms with Crippen molar-refractivity contribution in [1.29, 1.82) is 0 Å². The first-order valence-corrected chi connectivity index (χ1v) is 11.2. The van der Waals surface area contributed by atoms with Crippen LogP contribution in [0.1, 0.15) is 26.3 Å². The molecule has 0 aliphatic rings. The highest BCUT2D eigenvalue weighted by molar-refractivity contribution is 7.90. The van der Waals surface area contributed by atoms with Crippen LogP contribution >= 0.6 is 0 Å². The van der Waals surface area contributed by atoms with Gasteiger partial charge in [0.1, 0.15) is 5.82 Å². The van der Waals surface area contributed by atoms with Crippen LogP contribution in [0.2, 0.25) is 0 Å². The minimum Gasteiger partial charge on any atom is -0.366 e. The number of carbonyl (C=O) groups is 2. The number of benzene rings is 3. The minimum absolute atomic E-state index is 0.0870. The summed E-state index contributed by atoms with van der Waals surface area (Å²) in [6, 6.07) is 18.1. The van der Waals surface area contributed by atoms with Gasteiger partial charge >= 0.3 is 10.2 Å². The van der Waals surface area contributed by atoms with Gasteiger partial charge in [-0.25, -0.2) is 4.39 Å². The number of halogens is 1. The van der Waals surface area contributed by atoms with E-state index >= 15 is 0 Å². The number of para-hydroxylation sites is 2. The van der Waals surface area contributed by atoms with Crippen LogP contribution in [0.3, 0.4) is 0 Å². The van der Waals surface area contributed by atoms with Crippen molar-refractivity contribution in [2.75, 3.05) is 23.7 Å². The molecule has 2 amide bonds. The second-order valence-electron chi connectivity index (χ2n) is 7.31. The predicted octanol–water partition coefficient (Wildman–Crippen LogP) is 2.99. The van der Waals surface area contributed by atoms with Gasteiger partial charge in [0.05, 0.1) is 23.5 Å². The number of amides is 2. The second kappa shape index (κ2) is 9.80. The predicted molar refractivity (Wildman–Crippen MR) is 125 cm³/mol. The number of anilines is 2. The van der Waals surface area contributed by atoms with Crippen molar-refractivity contribution >= 4 is 33.4 Å². The van der Waals surface area contributed by atoms with Crippen LogP contribution in [0.15, 0.2) is 72.8 Å². The topological polar surface area (TPSA) is 113 Å². The van der Waals surface area contributed by atoms with Gasteiger partial charge < -0.3 is 11.1 Å². The summed E-state index contributed by atoms with van der Waals surface area (Å²) in [6.07, 6.45) is 0. The van der Waals surface area contributed by atoms with Gasteiger partial charge in [0.25, 0.3) is 11.8 Å². The van der Waals surface area contributed by atoms with Gasteiger partial charge in [-0.1, -0.05) is 36.4 Å². The molecule has 0 aromatic heterocycles. The molecule has 0 fully saturated rings. The number of nitrogens with zero attached hydrogens (tertiary/aromatic N) is 2. The maximum atomic E-state index is 14.4. The molecule has 33 heavy (non-hydrogen) atoms. The quantitative estimate of drug-likeness (QED) is 0.527. The Morgan fingerprint density at radius 3 is 2.15 bits per heavy atom. The first kappa shape index (κ1) is 23.9. The third-order valence-electron chi connectivity index (χ3n) is 4.84. The lowest BCUT2D eigenvalue weighted by Gasteiger charge is -2.27. The van der Waals surface area contributed by atoms with E-state index in [2.05, 4.69) is 5.32 Å². The van der Waals surface area contributed by atoms with Crippen LogP contribution in [0.5, 0.6) is 0 Å². The van der Waals surface area contributed by atoms with Gasteiger partial charge in [-0.15, -0.1) is 0 Å². The van der Waals surface area contributed by atoms with Gasteiger partial charge in [0.15, 0.2) is 0 Å². The van der Waals surface area contributed by atoms with Crippen LogP contribution in [0, 0.1) is 5.82 Å². The van der Waals surface area contributed by atoms with Crippen molar-refractivity contribution in [2.24, 2.45) is 5.73 Å². The first-order valence-electron chi connectivity index (χ1n) is 9.85. The Morgan fingerprint density at radius 1 is 0.939 bits per heavy atom. The molecular formula is C23H23FN4O4S. The second-order valence-corrected chi connectivity index (χ2v) is 9.38. The Kier molecular flexibility index (Phi) is 7.10. The van der Waals surface area contributed by atoms with Crippen molar-refractivity contribution in [3.8, 4) is 0 Å². The lowest BCUT2D eigenvalue weighted by atomic mass is 10.1. The zero-order chi connectivity index (χ0) is 24.2. The van der Waals surface area contributed by atoms with Crippen molar-refractivity contribution in [2.45, 2.75) is 6.54 Å². The van der Waals surface area contributed by atoms with E-state index in [4.69, 9.17) is 5.73 Å². The number of nitrogens with one attached hydrogen (secondary N) is 1. The third-order valence-corrected chi connectivity index (χ3v) is 6.65. The van der Waals surface area contributed by atoms with Crippen molar-refractivity contribution in [1.82, 2.24) is 4.31 Å². The Hall–Kier alpha value is -3.76. The van der Waals surface area contributed by atoms with Gasteiger partial charge in [-0.3, -0.25) is 13.9 Å². The highest BCUT2D eigenvalue weighted by Gasteiger charge is 2.27. The van der Waals surface area contributed by atoms with E-state index in [1.54, 1.807) is 36.4 Å². The fraction of sp³-hybridized carbons (Fsp3) is 0.130. The van der Waals surface area contributed by atoms with E-state index in [1.165, 1.54) is 50.5 Å². The lowest BCUT2D eigenvalue weighted by molar-refractivity contribution is 0.100. The Balaban J connectivity index is 1.84. The highest BCUT2D eigenvalue weighted by atomic mass is 32.2. The number of carbonyl (C=O) groups excluding carboxylic acids is 2. The number of primary amides is 1. The van der Waals surface area contributed by atoms with Crippen molar-refractivity contribution in [3.63, 3.8) is 0 Å². The summed E-state index contributed by atoms with van der Waals surface area (Å²) in [5, 5.41) is 2.64. The molecule has 0 aliphatic carbocycles. The molecule has 0 bridgehead atoms. The molecular weight excluding hydrogens is 447 g/mol. The van der Waals surface area contributed by atoms with Gasteiger partial charge in [-0.05, 0) is 42.0 Å². The standard InChI is InChI=1S/C23H23FN4O4S/c1-27(2)33(31,32)28(21-10-6-4-8-19(21)24)15-16-11-13-17(14-12-16)23(30)26-20-9-5-3-7-18(20)22(25)29/h3-14H,15H2,1-2H3,(H2,25,29)(H,26,30). The van der Waals surface area contributed by atoms with Gasteiger partial charge in [0.2, 0.25) is 0 Å². The summed E-state index contributed by atoms with van der Waals surface area (Å²) < 4.78 is 42.0. The number of hydrogen-bond donors (Lipinski definition) is 2. The molecule has 172 valence electrons. The zero-order valence-corrected chi connectivity index (χ0v) is 18.8. The van der Waals surface area contributed by atoms with Crippen LogP contribution in [-0.4, -0.2) is 38.6 Å². The van der Waals surface area contributed by atoms with E-state index < -0.39 is 27.8 Å². The molecule has 0 atom stereocenters. The Bertz CT molecular complexity index is 1280. The average molecular weight is 471 g/mol. The molecule has 0 spiro atoms. The smallest absolute Gasteiger partial charge is 0.303 e. The van der Waals surface area contributed by atoms with Crippen LogP contribution < -0.4 is 15.4 Å². The molecule has 0 radical (unpaired) electrons. The molecule has 0 saturated heterocycles. The number of hydrogen-bond acceptors (Lipinski definition) is 4. The molecule has 10 heteroatoms. The monoisotopic (exact) mass is 470 g/mol. The van der Waals surface area contributed by atoms with Crippen molar-refractivity contribution < 1.29 is 22.4 Å². The van der Waals surface area contributed by atoms with E-state index in [-0.39, 0.29) is 29.0 Å². The molecule has 0 unspecified atom stereocenters. The third kappa shape index (κ3) is 5.36. The molecule has 3 rings (SSSR count). The maximum absolute atomic E-state index is 14.4. The molecule has 0 heterocycles. The molecule has 8 nitrogen and oxygen atoms in total. The van der Waals surface area contributed by atoms with Crippen LogP contribution in [0.4, 0.5) is 15.8 Å². The lowest BCUT2D eigenvalue weighted by Crippen LogP contribution is -2.40. The molecule has 3 aromatic carbocycles. The summed E-state index contributed by atoms with van der Waals surface area (Å²) in [4.78, 5) is 24.2. The molecule has 3 aromatic rings. The summed E-state index contributed by atoms with van der Waals surface area (Å²) in [7, 11) is -1.27. The molecule has 3 N–H and O–H groups in total. The SMILES string of the molecule is CN(C)S(=O)(=O)N(Cc1ccc(C(=O)Nc2ccccc2C(N)=O)cc1)c1ccccc1F. The summed E-state index contributed by atoms with van der Waals surface area (Å²) in [5.41, 5.74) is 6.53. The van der Waals surface area contributed by atoms with Crippen LogP contribution in [-0.2, 0) is 16.8 Å². The largest absolute Gasteiger partial charge is 0.366 e. The fourth-order valence-electron chi connectivity index (χ4n) is 3.07. The molecule has 0 saturated carbocycles. The average Bonchev–Trinajstić information content (AvgIpc) is 2.78. The summed E-state index contributed by atoms with van der Waals surface area (Å²) in [6.45, 7) is -0.145. The van der Waals surface area contributed by atoms with E-state index in [9.17, 15) is 22.4 Å². The number of rotatable bonds is 8. The van der Waals surface area contributed by atoms with E-state index in [1.807, 2.05) is 0 Å². The van der Waals surface area contributed by atoms with Gasteiger partial charge in [-0.2, -0.15) is 12.7 Å². The zero-order valence-electron chi connectivity index (χ0n) is 18.0. The van der Waals surface area contributed by atoms with E-state index in [0.717, 1.165) is 8.61 Å². The van der Waals surface area contributed by atoms with Gasteiger partial charge in [0, 0.05) is 19.7 Å². The Morgan fingerprint density at radius 2 is 1.55 bits per heavy atom. The molecule has 0 aliphatic heterocycles. The maximum Gasteiger partial charge on any atom is 0.303 e. The Labute approximate surface area is 191 Å². The highest BCUT2D eigenvalue weighted by Crippen LogP contribution is 2.25. The minimum atomic E-state index is -3.99. The van der Waals surface area contributed by atoms with E-state index in [0.29, 0.717) is 5.56 Å². The number of nitrogens with two attached hydrogens (primary N) is 1.